The number of aromatic hydroxyl groups is 2. The number of rotatable bonds is 5. The minimum Gasteiger partial charge on any atom is -0.504 e. The summed E-state index contributed by atoms with van der Waals surface area (Å²) in [5.41, 5.74) is 0.912. The SMILES string of the molecule is C[C@@H]1CC=C2[C@@H](CCCC2(C)C)[C@@]1(C)Cc1cc(O)c(O)c(C=O)c1OS(=O)(=O)O. The van der Waals surface area contributed by atoms with Gasteiger partial charge in [0.2, 0.25) is 0 Å². The summed E-state index contributed by atoms with van der Waals surface area (Å²) in [6.07, 6.45) is 6.89. The highest BCUT2D eigenvalue weighted by atomic mass is 32.3. The summed E-state index contributed by atoms with van der Waals surface area (Å²) in [4.78, 5) is 11.6. The Kier molecular flexibility index (Phi) is 5.71. The lowest BCUT2D eigenvalue weighted by molar-refractivity contribution is 0.0666. The van der Waals surface area contributed by atoms with E-state index in [1.165, 1.54) is 11.6 Å². The molecule has 0 spiro atoms. The number of allylic oxidation sites excluding steroid dienone is 2. The Morgan fingerprint density at radius 1 is 1.27 bits per heavy atom. The van der Waals surface area contributed by atoms with Crippen LogP contribution >= 0.6 is 0 Å². The summed E-state index contributed by atoms with van der Waals surface area (Å²) in [7, 11) is -4.94. The highest BCUT2D eigenvalue weighted by Crippen LogP contribution is 2.58. The normalized spacial score (nSPS) is 28.4. The molecule has 0 saturated heterocycles. The van der Waals surface area contributed by atoms with Crippen LogP contribution in [-0.4, -0.2) is 29.5 Å². The Labute approximate surface area is 177 Å². The van der Waals surface area contributed by atoms with Gasteiger partial charge in [-0.3, -0.25) is 9.35 Å². The van der Waals surface area contributed by atoms with Crippen molar-refractivity contribution in [2.75, 3.05) is 0 Å². The van der Waals surface area contributed by atoms with Crippen LogP contribution in [0.25, 0.3) is 0 Å². The van der Waals surface area contributed by atoms with Crippen LogP contribution in [0, 0.1) is 22.7 Å². The van der Waals surface area contributed by atoms with Gasteiger partial charge >= 0.3 is 10.4 Å². The summed E-state index contributed by atoms with van der Waals surface area (Å²) < 4.78 is 36.8. The zero-order valence-corrected chi connectivity index (χ0v) is 18.6. The summed E-state index contributed by atoms with van der Waals surface area (Å²) in [5, 5.41) is 20.2. The summed E-state index contributed by atoms with van der Waals surface area (Å²) in [6, 6.07) is 1.22. The van der Waals surface area contributed by atoms with E-state index in [2.05, 4.69) is 33.8 Å². The van der Waals surface area contributed by atoms with Gasteiger partial charge in [-0.15, -0.1) is 0 Å². The molecule has 3 rings (SSSR count). The predicted octanol–water partition coefficient (Wildman–Crippen LogP) is 4.43. The molecular formula is C22H30O7S. The molecule has 0 aliphatic heterocycles. The van der Waals surface area contributed by atoms with E-state index in [0.29, 0.717) is 6.42 Å². The molecule has 0 amide bonds. The first kappa shape index (κ1) is 22.6. The molecule has 166 valence electrons. The summed E-state index contributed by atoms with van der Waals surface area (Å²) >= 11 is 0. The Balaban J connectivity index is 2.13. The molecule has 0 heterocycles. The molecule has 0 aromatic heterocycles. The molecule has 3 N–H and O–H groups in total. The Morgan fingerprint density at radius 2 is 1.93 bits per heavy atom. The van der Waals surface area contributed by atoms with Crippen molar-refractivity contribution in [1.82, 2.24) is 0 Å². The molecule has 2 aliphatic rings. The molecule has 1 aromatic carbocycles. The van der Waals surface area contributed by atoms with Crippen LogP contribution in [0.4, 0.5) is 0 Å². The van der Waals surface area contributed by atoms with Crippen molar-refractivity contribution in [3.05, 3.63) is 28.8 Å². The van der Waals surface area contributed by atoms with Gasteiger partial charge in [0.25, 0.3) is 0 Å². The van der Waals surface area contributed by atoms with E-state index in [9.17, 15) is 28.0 Å². The molecule has 1 fully saturated rings. The predicted molar refractivity (Wildman–Crippen MR) is 112 cm³/mol. The van der Waals surface area contributed by atoms with Crippen molar-refractivity contribution < 1.29 is 32.2 Å². The van der Waals surface area contributed by atoms with E-state index in [0.717, 1.165) is 25.7 Å². The number of hydrogen-bond acceptors (Lipinski definition) is 6. The molecule has 3 atom stereocenters. The number of phenolic OH excluding ortho intramolecular Hbond substituents is 2. The standard InChI is InChI=1S/C22H30O7S/c1-13-7-8-16-17(6-5-9-21(16,2)3)22(13,4)11-14-10-18(24)19(25)15(12-23)20(14)29-30(26,27)28/h8,10,12-13,17,24-25H,5-7,9,11H2,1-4H3,(H,26,27,28)/t13-,17-,22+/m1/s1. The molecule has 1 saturated carbocycles. The highest BCUT2D eigenvalue weighted by molar-refractivity contribution is 7.81. The fourth-order valence-electron chi connectivity index (χ4n) is 5.41. The first-order valence-electron chi connectivity index (χ1n) is 10.2. The first-order chi connectivity index (χ1) is 13.8. The minimum atomic E-state index is -4.94. The number of benzene rings is 1. The lowest BCUT2D eigenvalue weighted by Crippen LogP contribution is -2.44. The lowest BCUT2D eigenvalue weighted by Gasteiger charge is -2.53. The van der Waals surface area contributed by atoms with Crippen molar-refractivity contribution in [2.45, 2.75) is 59.8 Å². The first-order valence-corrected chi connectivity index (χ1v) is 11.6. The topological polar surface area (TPSA) is 121 Å². The number of carbonyl (C=O) groups is 1. The van der Waals surface area contributed by atoms with Crippen molar-refractivity contribution >= 4 is 16.7 Å². The largest absolute Gasteiger partial charge is 0.504 e. The van der Waals surface area contributed by atoms with Gasteiger partial charge in [0.05, 0.1) is 0 Å². The highest BCUT2D eigenvalue weighted by Gasteiger charge is 2.48. The van der Waals surface area contributed by atoms with Gasteiger partial charge in [-0.2, -0.15) is 8.42 Å². The Hall–Kier alpha value is -2.06. The molecule has 0 radical (unpaired) electrons. The second kappa shape index (κ2) is 7.57. The molecule has 0 unspecified atom stereocenters. The number of aldehydes is 1. The Bertz CT molecular complexity index is 993. The number of fused-ring (bicyclic) bond motifs is 1. The maximum absolute atomic E-state index is 11.6. The summed E-state index contributed by atoms with van der Waals surface area (Å²) in [6.45, 7) is 8.76. The third-order valence-corrected chi connectivity index (χ3v) is 7.66. The van der Waals surface area contributed by atoms with E-state index < -0.39 is 33.2 Å². The second-order valence-corrected chi connectivity index (χ2v) is 10.6. The second-order valence-electron chi connectivity index (χ2n) is 9.58. The third-order valence-electron chi connectivity index (χ3n) is 7.29. The molecule has 30 heavy (non-hydrogen) atoms. The fourth-order valence-corrected chi connectivity index (χ4v) is 5.82. The zero-order chi connectivity index (χ0) is 22.5. The number of carbonyl (C=O) groups excluding carboxylic acids is 1. The number of hydrogen-bond donors (Lipinski definition) is 3. The van der Waals surface area contributed by atoms with Crippen LogP contribution in [0.1, 0.15) is 69.3 Å². The third kappa shape index (κ3) is 3.95. The number of phenols is 2. The van der Waals surface area contributed by atoms with E-state index >= 15 is 0 Å². The smallest absolute Gasteiger partial charge is 0.446 e. The Morgan fingerprint density at radius 3 is 2.53 bits per heavy atom. The van der Waals surface area contributed by atoms with Crippen LogP contribution in [0.3, 0.4) is 0 Å². The van der Waals surface area contributed by atoms with Gasteiger partial charge in [0.1, 0.15) is 5.56 Å². The maximum atomic E-state index is 11.6. The van der Waals surface area contributed by atoms with E-state index in [4.69, 9.17) is 4.18 Å². The fraction of sp³-hybridized carbons (Fsp3) is 0.591. The van der Waals surface area contributed by atoms with Gasteiger partial charge in [0, 0.05) is 5.56 Å². The zero-order valence-electron chi connectivity index (χ0n) is 17.8. The van der Waals surface area contributed by atoms with Crippen LogP contribution in [0.2, 0.25) is 0 Å². The van der Waals surface area contributed by atoms with Crippen molar-refractivity contribution in [2.24, 2.45) is 22.7 Å². The van der Waals surface area contributed by atoms with E-state index in [-0.39, 0.29) is 34.5 Å². The van der Waals surface area contributed by atoms with Crippen LogP contribution in [-0.2, 0) is 16.8 Å². The van der Waals surface area contributed by atoms with Crippen LogP contribution in [0.15, 0.2) is 17.7 Å². The molecular weight excluding hydrogens is 408 g/mol. The minimum absolute atomic E-state index is 0.0726. The molecule has 1 aromatic rings. The average molecular weight is 439 g/mol. The molecule has 0 bridgehead atoms. The lowest BCUT2D eigenvalue weighted by atomic mass is 9.51. The van der Waals surface area contributed by atoms with Crippen LogP contribution in [0.5, 0.6) is 17.2 Å². The van der Waals surface area contributed by atoms with Gasteiger partial charge < -0.3 is 14.4 Å². The van der Waals surface area contributed by atoms with E-state index in [1.54, 1.807) is 0 Å². The van der Waals surface area contributed by atoms with Crippen LogP contribution < -0.4 is 4.18 Å². The van der Waals surface area contributed by atoms with Crippen molar-refractivity contribution in [3.8, 4) is 17.2 Å². The molecule has 8 heteroatoms. The van der Waals surface area contributed by atoms with Gasteiger partial charge in [-0.05, 0) is 54.4 Å². The van der Waals surface area contributed by atoms with Crippen molar-refractivity contribution in [3.63, 3.8) is 0 Å². The maximum Gasteiger partial charge on any atom is 0.446 e. The van der Waals surface area contributed by atoms with Gasteiger partial charge in [-0.25, -0.2) is 0 Å². The van der Waals surface area contributed by atoms with Gasteiger partial charge in [-0.1, -0.05) is 45.8 Å². The monoisotopic (exact) mass is 438 g/mol. The van der Waals surface area contributed by atoms with Crippen molar-refractivity contribution in [1.29, 1.82) is 0 Å². The average Bonchev–Trinajstić information content (AvgIpc) is 2.62. The molecule has 2 aliphatic carbocycles. The molecule has 7 nitrogen and oxygen atoms in total. The quantitative estimate of drug-likeness (QED) is 0.269. The van der Waals surface area contributed by atoms with Gasteiger partial charge in [0.15, 0.2) is 23.5 Å². The summed E-state index contributed by atoms with van der Waals surface area (Å²) in [5.74, 6) is -1.27. The van der Waals surface area contributed by atoms with E-state index in [1.807, 2.05) is 0 Å².